The van der Waals surface area contributed by atoms with Crippen LogP contribution < -0.4 is 0 Å². The Morgan fingerprint density at radius 2 is 1.09 bits per heavy atom. The number of halogens is 2. The number of ether oxygens (including phenoxy) is 5. The molecule has 14 heteroatoms. The van der Waals surface area contributed by atoms with Crippen molar-refractivity contribution in [3.8, 4) is 0 Å². The zero-order valence-corrected chi connectivity index (χ0v) is 42.3. The second kappa shape index (κ2) is 52.7. The van der Waals surface area contributed by atoms with Gasteiger partial charge in [0.2, 0.25) is 0 Å². The summed E-state index contributed by atoms with van der Waals surface area (Å²) in [6.45, 7) is 25.0. The average molecular weight is 997 g/mol. The highest BCUT2D eigenvalue weighted by Gasteiger charge is 2.24. The summed E-state index contributed by atoms with van der Waals surface area (Å²) in [6.07, 6.45) is 10.8. The van der Waals surface area contributed by atoms with Crippen LogP contribution in [0.2, 0.25) is 0 Å². The molecular weight excluding hydrogens is 923 g/mol. The number of aliphatic hydroxyl groups is 1. The van der Waals surface area contributed by atoms with Gasteiger partial charge < -0.3 is 28.8 Å². The molecule has 10 nitrogen and oxygen atoms in total. The normalized spacial score (nSPS) is 11.3. The Morgan fingerprint density at radius 1 is 0.652 bits per heavy atom. The third kappa shape index (κ3) is 49.4. The van der Waals surface area contributed by atoms with Gasteiger partial charge in [-0.3, -0.25) is 0 Å². The Hall–Kier alpha value is -6.31. The first-order valence-electron chi connectivity index (χ1n) is 21.0. The summed E-state index contributed by atoms with van der Waals surface area (Å²) in [5.74, 6) is -0.215. The summed E-state index contributed by atoms with van der Waals surface area (Å²) in [6, 6.07) is 0. The molecule has 0 aliphatic rings. The Kier molecular flexibility index (Phi) is 52.9. The van der Waals surface area contributed by atoms with Gasteiger partial charge in [-0.05, 0) is 182 Å². The van der Waals surface area contributed by atoms with E-state index in [2.05, 4.69) is 161 Å². The molecule has 0 spiro atoms. The maximum Gasteiger partial charge on any atom is 0.335 e. The van der Waals surface area contributed by atoms with Crippen molar-refractivity contribution < 1.29 is 61.0 Å². The first-order valence-corrected chi connectivity index (χ1v) is 23.3. The van der Waals surface area contributed by atoms with E-state index in [-0.39, 0.29) is 58.3 Å². The van der Waals surface area contributed by atoms with E-state index in [0.717, 1.165) is 36.8 Å². The van der Waals surface area contributed by atoms with Crippen molar-refractivity contribution in [3.05, 3.63) is 177 Å². The van der Waals surface area contributed by atoms with Crippen LogP contribution in [0.4, 0.5) is 8.28 Å². The van der Waals surface area contributed by atoms with E-state index in [9.17, 15) is 16.7 Å². The van der Waals surface area contributed by atoms with Crippen molar-refractivity contribution in [3.63, 3.8) is 0 Å². The predicted molar refractivity (Wildman–Crippen MR) is 275 cm³/mol. The van der Waals surface area contributed by atoms with E-state index >= 15 is 0 Å². The second-order valence-electron chi connectivity index (χ2n) is 13.8. The fourth-order valence-corrected chi connectivity index (χ4v) is 6.04. The summed E-state index contributed by atoms with van der Waals surface area (Å²) >= 11 is -0.750. The van der Waals surface area contributed by atoms with Gasteiger partial charge in [-0.25, -0.2) is 4.39 Å². The molecule has 0 fully saturated rings. The van der Waals surface area contributed by atoms with Crippen molar-refractivity contribution in [1.82, 2.24) is 0 Å². The van der Waals surface area contributed by atoms with Gasteiger partial charge in [0.1, 0.15) is 13.6 Å². The standard InChI is InChI=1S/C28H37FO7S.C26H24.CH3FO.O2S.5H2/c1-7-10-12-14-27(19-34-21-32-5)24(4)16-25(18-36-23-37(29,30)31)17-26(9-3)28(15-13-11-8-2)20-35-22-33-6;1-6-10-13-16-19-24(5)22-26(21-18-15-12-8-3)23-25(9-4)20-17-14-11-7-2;2-1-3;1-3-2;;;;;/h24-26H,1-2,9,16-23H2,3-6H3;19-21,24-26H,1-3,9,22-23H2,4-5H3;3H,1H2;;5*1H. The molecule has 0 radical (unpaired) electrons. The SMILES string of the molecule is C=C=C=C=C=C(COCOC)C(C)CC(COCS(=O)(=O)F)CC(CC)C(=C=C=C=C=C)COCOC.C=C=C=C=C=CC(C)CC(C=C=C=C=C=C)CC(C=C=C=C=C=C)CC.O=S=O.OCF.[HH].[HH].[HH].[HH].[HH]. The Balaban J connectivity index is -0.000000144. The molecule has 380 valence electrons. The van der Waals surface area contributed by atoms with Crippen LogP contribution in [0.5, 0.6) is 0 Å². The molecule has 0 aromatic carbocycles. The lowest BCUT2D eigenvalue weighted by molar-refractivity contribution is -0.0239. The molecule has 6 atom stereocenters. The molecule has 1 N–H and O–H groups in total. The minimum absolute atomic E-state index is 0. The fourth-order valence-electron chi connectivity index (χ4n) is 5.75. The Labute approximate surface area is 420 Å². The lowest BCUT2D eigenvalue weighted by Crippen LogP contribution is -2.22. The predicted octanol–water partition coefficient (Wildman–Crippen LogP) is 11.8. The smallest absolute Gasteiger partial charge is 0.335 e. The van der Waals surface area contributed by atoms with Crippen molar-refractivity contribution in [2.24, 2.45) is 35.5 Å². The molecular formula is C55H74F2O10S2. The molecule has 0 bridgehead atoms. The monoisotopic (exact) mass is 996 g/mol. The van der Waals surface area contributed by atoms with Crippen LogP contribution in [0.25, 0.3) is 0 Å². The van der Waals surface area contributed by atoms with Gasteiger partial charge >= 0.3 is 21.8 Å². The second-order valence-corrected chi connectivity index (χ2v) is 15.3. The van der Waals surface area contributed by atoms with Gasteiger partial charge in [0.25, 0.3) is 0 Å². The van der Waals surface area contributed by atoms with Gasteiger partial charge in [0.15, 0.2) is 12.8 Å². The van der Waals surface area contributed by atoms with E-state index in [1.807, 2.05) is 32.1 Å². The first-order chi connectivity index (χ1) is 33.2. The maximum absolute atomic E-state index is 13.1. The van der Waals surface area contributed by atoms with E-state index < -0.39 is 34.6 Å². The van der Waals surface area contributed by atoms with Gasteiger partial charge in [-0.1, -0.05) is 85.0 Å². The zero-order valence-electron chi connectivity index (χ0n) is 40.6. The van der Waals surface area contributed by atoms with Gasteiger partial charge in [-0.15, -0.1) is 3.89 Å². The molecule has 0 aromatic rings. The average Bonchev–Trinajstić information content (AvgIpc) is 3.31. The lowest BCUT2D eigenvalue weighted by atomic mass is 9.82. The van der Waals surface area contributed by atoms with Crippen LogP contribution >= 0.6 is 0 Å². The summed E-state index contributed by atoms with van der Waals surface area (Å²) < 4.78 is 87.7. The van der Waals surface area contributed by atoms with Crippen molar-refractivity contribution in [1.29, 1.82) is 0 Å². The maximum atomic E-state index is 13.1. The Bertz CT molecular complexity index is 2540. The number of hydrogen-bond acceptors (Lipinski definition) is 10. The molecule has 0 aliphatic carbocycles. The van der Waals surface area contributed by atoms with Crippen molar-refractivity contribution >= 4 is 21.8 Å². The number of aliphatic hydroxyl groups excluding tert-OH is 1. The quantitative estimate of drug-likeness (QED) is 0.0367. The fraction of sp³-hybridized carbons (Fsp3) is 0.455. The Morgan fingerprint density at radius 3 is 1.52 bits per heavy atom. The lowest BCUT2D eigenvalue weighted by Gasteiger charge is -2.26. The molecule has 6 unspecified atom stereocenters. The van der Waals surface area contributed by atoms with Crippen LogP contribution in [0, 0.1) is 35.5 Å². The molecule has 0 aliphatic heterocycles. The largest absolute Gasteiger partial charge is 0.366 e. The van der Waals surface area contributed by atoms with Crippen LogP contribution in [-0.2, 0) is 45.5 Å². The number of allylic oxidation sites excluding steroid dienone is 3. The highest BCUT2D eigenvalue weighted by atomic mass is 32.3. The third-order valence-corrected chi connectivity index (χ3v) is 9.06. The number of rotatable bonds is 27. The topological polar surface area (TPSA) is 135 Å². The summed E-state index contributed by atoms with van der Waals surface area (Å²) in [7, 11) is -1.71. The van der Waals surface area contributed by atoms with Gasteiger partial charge in [-0.2, -0.15) is 16.8 Å². The van der Waals surface area contributed by atoms with E-state index in [1.54, 1.807) is 0 Å². The molecule has 0 saturated carbocycles. The molecule has 0 rings (SSSR count). The van der Waals surface area contributed by atoms with E-state index in [0.29, 0.717) is 30.6 Å². The van der Waals surface area contributed by atoms with Crippen LogP contribution in [-0.4, -0.2) is 82.4 Å². The zero-order chi connectivity index (χ0) is 52.8. The van der Waals surface area contributed by atoms with Gasteiger partial charge in [0.05, 0.1) is 19.8 Å². The third-order valence-electron chi connectivity index (χ3n) is 8.61. The number of hydrogen-bond donors (Lipinski definition) is 1. The van der Waals surface area contributed by atoms with E-state index in [4.69, 9.17) is 37.2 Å². The summed E-state index contributed by atoms with van der Waals surface area (Å²) in [5.41, 5.74) is 56.3. The molecule has 69 heavy (non-hydrogen) atoms. The minimum atomic E-state index is -4.76. The molecule has 0 saturated heterocycles. The van der Waals surface area contributed by atoms with E-state index in [1.165, 1.54) is 14.2 Å². The first kappa shape index (κ1) is 69.3. The van der Waals surface area contributed by atoms with Crippen LogP contribution in [0.1, 0.15) is 73.4 Å². The van der Waals surface area contributed by atoms with Gasteiger partial charge in [0, 0.05) is 32.5 Å². The molecule has 0 aromatic heterocycles. The van der Waals surface area contributed by atoms with Crippen molar-refractivity contribution in [2.45, 2.75) is 66.2 Å². The molecule has 0 amide bonds. The van der Waals surface area contributed by atoms with Crippen molar-refractivity contribution in [2.75, 3.05) is 60.4 Å². The summed E-state index contributed by atoms with van der Waals surface area (Å²) in [5, 5.41) is 6.90. The summed E-state index contributed by atoms with van der Waals surface area (Å²) in [4.78, 5) is 0. The highest BCUT2D eigenvalue weighted by Crippen LogP contribution is 2.30. The van der Waals surface area contributed by atoms with Crippen LogP contribution in [0.3, 0.4) is 0 Å². The van der Waals surface area contributed by atoms with Crippen LogP contribution in [0.15, 0.2) is 177 Å². The number of methoxy groups -OCH3 is 2. The number of alkyl halides is 1. The minimum Gasteiger partial charge on any atom is -0.366 e. The molecule has 0 heterocycles. The highest BCUT2D eigenvalue weighted by molar-refractivity contribution is 7.86.